The van der Waals surface area contributed by atoms with Gasteiger partial charge in [-0.05, 0) is 37.5 Å². The maximum absolute atomic E-state index is 12.0. The van der Waals surface area contributed by atoms with Crippen LogP contribution >= 0.6 is 0 Å². The average Bonchev–Trinajstić information content (AvgIpc) is 2.60. The number of carbonyl (C=O) groups is 2. The molecule has 1 amide bonds. The smallest absolute Gasteiger partial charge is 0.408 e. The molecule has 5 heteroatoms. The van der Waals surface area contributed by atoms with Crippen molar-refractivity contribution in [1.29, 1.82) is 0 Å². The molecule has 0 saturated heterocycles. The Kier molecular flexibility index (Phi) is 6.39. The molecule has 0 aliphatic heterocycles. The van der Waals surface area contributed by atoms with Crippen LogP contribution in [0, 0.1) is 0 Å². The van der Waals surface area contributed by atoms with Crippen LogP contribution in [0.4, 0.5) is 4.79 Å². The third kappa shape index (κ3) is 5.92. The monoisotopic (exact) mass is 355 g/mol. The first-order valence-corrected chi connectivity index (χ1v) is 8.50. The molecular formula is C21H25NO4. The van der Waals surface area contributed by atoms with E-state index < -0.39 is 23.7 Å². The molecule has 0 aromatic heterocycles. The molecule has 2 aromatic rings. The number of carbonyl (C=O) groups excluding carboxylic acids is 2. The predicted molar refractivity (Wildman–Crippen MR) is 101 cm³/mol. The molecule has 0 saturated carbocycles. The Morgan fingerprint density at radius 2 is 1.54 bits per heavy atom. The van der Waals surface area contributed by atoms with Gasteiger partial charge in [0.15, 0.2) is 0 Å². The lowest BCUT2D eigenvalue weighted by Gasteiger charge is -2.22. The Morgan fingerprint density at radius 3 is 2.08 bits per heavy atom. The second kappa shape index (κ2) is 8.52. The molecule has 0 aliphatic rings. The summed E-state index contributed by atoms with van der Waals surface area (Å²) in [4.78, 5) is 24.0. The summed E-state index contributed by atoms with van der Waals surface area (Å²) in [7, 11) is 1.30. The fraction of sp³-hybridized carbons (Fsp3) is 0.333. The molecule has 2 aromatic carbocycles. The lowest BCUT2D eigenvalue weighted by molar-refractivity contribution is -0.143. The Hall–Kier alpha value is -2.82. The summed E-state index contributed by atoms with van der Waals surface area (Å²) in [5.41, 5.74) is 2.48. The second-order valence-corrected chi connectivity index (χ2v) is 6.99. The first-order chi connectivity index (χ1) is 12.3. The number of hydrogen-bond acceptors (Lipinski definition) is 4. The van der Waals surface area contributed by atoms with Gasteiger partial charge in [-0.25, -0.2) is 9.59 Å². The normalized spacial score (nSPS) is 12.2. The van der Waals surface area contributed by atoms with Crippen LogP contribution in [0.3, 0.4) is 0 Å². The van der Waals surface area contributed by atoms with E-state index >= 15 is 0 Å². The van der Waals surface area contributed by atoms with Crippen LogP contribution in [0.2, 0.25) is 0 Å². The number of alkyl carbamates (subject to hydrolysis) is 1. The van der Waals surface area contributed by atoms with Gasteiger partial charge in [0.05, 0.1) is 7.11 Å². The number of esters is 1. The van der Waals surface area contributed by atoms with Crippen LogP contribution in [-0.2, 0) is 20.7 Å². The van der Waals surface area contributed by atoms with Gasteiger partial charge >= 0.3 is 12.1 Å². The highest BCUT2D eigenvalue weighted by Crippen LogP contribution is 2.20. The highest BCUT2D eigenvalue weighted by Gasteiger charge is 2.25. The van der Waals surface area contributed by atoms with Gasteiger partial charge in [-0.15, -0.1) is 0 Å². The van der Waals surface area contributed by atoms with Gasteiger partial charge in [-0.1, -0.05) is 54.6 Å². The topological polar surface area (TPSA) is 64.6 Å². The first kappa shape index (κ1) is 19.5. The lowest BCUT2D eigenvalue weighted by Crippen LogP contribution is -2.45. The fourth-order valence-corrected chi connectivity index (χ4v) is 2.48. The largest absolute Gasteiger partial charge is 0.467 e. The molecule has 0 heterocycles. The van der Waals surface area contributed by atoms with Crippen molar-refractivity contribution >= 4 is 12.1 Å². The van der Waals surface area contributed by atoms with E-state index in [0.29, 0.717) is 6.42 Å². The molecule has 1 unspecified atom stereocenters. The minimum Gasteiger partial charge on any atom is -0.467 e. The highest BCUT2D eigenvalue weighted by atomic mass is 16.6. The Bertz CT molecular complexity index is 733. The molecule has 0 bridgehead atoms. The lowest BCUT2D eigenvalue weighted by atomic mass is 10.0. The van der Waals surface area contributed by atoms with Crippen molar-refractivity contribution in [2.75, 3.05) is 7.11 Å². The van der Waals surface area contributed by atoms with Crippen LogP contribution in [0.25, 0.3) is 11.1 Å². The average molecular weight is 355 g/mol. The minimum atomic E-state index is -0.808. The quantitative estimate of drug-likeness (QED) is 0.825. The third-order valence-electron chi connectivity index (χ3n) is 3.68. The van der Waals surface area contributed by atoms with Gasteiger partial charge in [0.2, 0.25) is 0 Å². The van der Waals surface area contributed by atoms with E-state index in [4.69, 9.17) is 9.47 Å². The number of nitrogens with one attached hydrogen (secondary N) is 1. The van der Waals surface area contributed by atoms with Crippen molar-refractivity contribution in [2.24, 2.45) is 0 Å². The molecule has 0 aliphatic carbocycles. The van der Waals surface area contributed by atoms with Crippen LogP contribution in [0.5, 0.6) is 0 Å². The zero-order chi connectivity index (χ0) is 19.2. The van der Waals surface area contributed by atoms with Gasteiger partial charge in [-0.3, -0.25) is 0 Å². The van der Waals surface area contributed by atoms with Crippen molar-refractivity contribution in [3.05, 3.63) is 60.2 Å². The van der Waals surface area contributed by atoms with E-state index in [1.165, 1.54) is 7.11 Å². The van der Waals surface area contributed by atoms with Crippen LogP contribution < -0.4 is 5.32 Å². The van der Waals surface area contributed by atoms with Crippen molar-refractivity contribution in [1.82, 2.24) is 5.32 Å². The highest BCUT2D eigenvalue weighted by molar-refractivity contribution is 5.81. The van der Waals surface area contributed by atoms with Crippen molar-refractivity contribution in [3.63, 3.8) is 0 Å². The zero-order valence-corrected chi connectivity index (χ0v) is 15.6. The Labute approximate surface area is 154 Å². The number of amides is 1. The molecule has 26 heavy (non-hydrogen) atoms. The summed E-state index contributed by atoms with van der Waals surface area (Å²) >= 11 is 0. The molecule has 1 N–H and O–H groups in total. The molecule has 5 nitrogen and oxygen atoms in total. The zero-order valence-electron chi connectivity index (χ0n) is 15.6. The van der Waals surface area contributed by atoms with E-state index in [-0.39, 0.29) is 0 Å². The molecular weight excluding hydrogens is 330 g/mol. The van der Waals surface area contributed by atoms with Crippen LogP contribution in [0.15, 0.2) is 54.6 Å². The minimum absolute atomic E-state index is 0.320. The van der Waals surface area contributed by atoms with Gasteiger partial charge in [0.25, 0.3) is 0 Å². The molecule has 0 fully saturated rings. The summed E-state index contributed by atoms with van der Waals surface area (Å²) in [6.07, 6.45) is -0.324. The summed E-state index contributed by atoms with van der Waals surface area (Å²) in [6, 6.07) is 17.1. The van der Waals surface area contributed by atoms with Gasteiger partial charge < -0.3 is 14.8 Å². The summed E-state index contributed by atoms with van der Waals surface area (Å²) in [5, 5.41) is 2.58. The summed E-state index contributed by atoms with van der Waals surface area (Å²) < 4.78 is 10.0. The summed E-state index contributed by atoms with van der Waals surface area (Å²) in [6.45, 7) is 5.30. The molecule has 138 valence electrons. The van der Waals surface area contributed by atoms with Crippen molar-refractivity contribution in [2.45, 2.75) is 38.8 Å². The molecule has 1 atom stereocenters. The standard InChI is InChI=1S/C21H25NO4/c1-21(2,3)26-20(24)22-18(19(23)25-4)14-15-10-12-17(13-11-15)16-8-6-5-7-9-16/h5-13,18H,14H2,1-4H3,(H,22,24). The Balaban J connectivity index is 2.08. The number of methoxy groups -OCH3 is 1. The fourth-order valence-electron chi connectivity index (χ4n) is 2.48. The van der Waals surface area contributed by atoms with Gasteiger partial charge in [0.1, 0.15) is 11.6 Å². The Morgan fingerprint density at radius 1 is 0.962 bits per heavy atom. The number of ether oxygens (including phenoxy) is 2. The summed E-state index contributed by atoms with van der Waals surface area (Å²) in [5.74, 6) is -0.511. The van der Waals surface area contributed by atoms with Gasteiger partial charge in [-0.2, -0.15) is 0 Å². The van der Waals surface area contributed by atoms with Crippen LogP contribution in [0.1, 0.15) is 26.3 Å². The van der Waals surface area contributed by atoms with Gasteiger partial charge in [0, 0.05) is 6.42 Å². The molecule has 0 radical (unpaired) electrons. The van der Waals surface area contributed by atoms with E-state index in [2.05, 4.69) is 5.32 Å². The number of hydrogen-bond donors (Lipinski definition) is 1. The number of benzene rings is 2. The number of rotatable bonds is 5. The van der Waals surface area contributed by atoms with E-state index in [9.17, 15) is 9.59 Å². The second-order valence-electron chi connectivity index (χ2n) is 6.99. The maximum atomic E-state index is 12.0. The molecule has 2 rings (SSSR count). The maximum Gasteiger partial charge on any atom is 0.408 e. The van der Waals surface area contributed by atoms with E-state index in [0.717, 1.165) is 16.7 Å². The van der Waals surface area contributed by atoms with Crippen molar-refractivity contribution < 1.29 is 19.1 Å². The SMILES string of the molecule is COC(=O)C(Cc1ccc(-c2ccccc2)cc1)NC(=O)OC(C)(C)C. The van der Waals surface area contributed by atoms with Crippen LogP contribution in [-0.4, -0.2) is 30.8 Å². The first-order valence-electron chi connectivity index (χ1n) is 8.50. The third-order valence-corrected chi connectivity index (χ3v) is 3.68. The van der Waals surface area contributed by atoms with E-state index in [1.807, 2.05) is 54.6 Å². The van der Waals surface area contributed by atoms with Crippen molar-refractivity contribution in [3.8, 4) is 11.1 Å². The molecule has 0 spiro atoms. The predicted octanol–water partition coefficient (Wildman–Crippen LogP) is 3.96. The van der Waals surface area contributed by atoms with E-state index in [1.54, 1.807) is 20.8 Å².